The predicted octanol–water partition coefficient (Wildman–Crippen LogP) is 3.70. The highest BCUT2D eigenvalue weighted by Crippen LogP contribution is 2.33. The largest absolute Gasteiger partial charge is 0.480 e. The SMILES string of the molecule is Cc1ccc(S(=O)(=O)N2CCC[C@H]2C(=O)O)c(COCCCCNC2CCC(F)(F)CC2)c1. The third kappa shape index (κ3) is 6.94. The summed E-state index contributed by atoms with van der Waals surface area (Å²) in [6, 6.07) is 4.10. The highest BCUT2D eigenvalue weighted by molar-refractivity contribution is 7.89. The third-order valence-corrected chi connectivity index (χ3v) is 8.42. The average Bonchev–Trinajstić information content (AvgIpc) is 3.25. The molecule has 2 fully saturated rings. The van der Waals surface area contributed by atoms with Crippen molar-refractivity contribution in [2.24, 2.45) is 0 Å². The molecule has 0 amide bonds. The van der Waals surface area contributed by atoms with Crippen molar-refractivity contribution in [3.05, 3.63) is 29.3 Å². The van der Waals surface area contributed by atoms with Crippen molar-refractivity contribution in [1.29, 1.82) is 0 Å². The molecule has 1 aromatic rings. The van der Waals surface area contributed by atoms with Crippen LogP contribution in [0.4, 0.5) is 8.78 Å². The highest BCUT2D eigenvalue weighted by atomic mass is 32.2. The van der Waals surface area contributed by atoms with Gasteiger partial charge in [-0.15, -0.1) is 0 Å². The van der Waals surface area contributed by atoms with Crippen LogP contribution in [0.2, 0.25) is 0 Å². The smallest absolute Gasteiger partial charge is 0.322 e. The van der Waals surface area contributed by atoms with Gasteiger partial charge in [-0.05, 0) is 63.6 Å². The number of carboxylic acids is 1. The van der Waals surface area contributed by atoms with Crippen LogP contribution >= 0.6 is 0 Å². The van der Waals surface area contributed by atoms with Crippen LogP contribution in [0.1, 0.15) is 62.5 Å². The zero-order valence-corrected chi connectivity index (χ0v) is 19.9. The predicted molar refractivity (Wildman–Crippen MR) is 120 cm³/mol. The number of aryl methyl sites for hydroxylation is 1. The zero-order chi connectivity index (χ0) is 24.1. The number of unbranched alkanes of at least 4 members (excludes halogenated alkanes) is 1. The van der Waals surface area contributed by atoms with Crippen LogP contribution in [-0.4, -0.2) is 61.5 Å². The number of halogens is 2. The van der Waals surface area contributed by atoms with Gasteiger partial charge in [0.2, 0.25) is 15.9 Å². The highest BCUT2D eigenvalue weighted by Gasteiger charge is 2.40. The first-order chi connectivity index (χ1) is 15.6. The quantitative estimate of drug-likeness (QED) is 0.461. The number of carboxylic acid groups (broad SMARTS) is 1. The first kappa shape index (κ1) is 26.0. The summed E-state index contributed by atoms with van der Waals surface area (Å²) in [6.45, 7) is 3.35. The van der Waals surface area contributed by atoms with E-state index in [-0.39, 0.29) is 36.9 Å². The summed E-state index contributed by atoms with van der Waals surface area (Å²) >= 11 is 0. The van der Waals surface area contributed by atoms with Gasteiger partial charge in [-0.2, -0.15) is 4.31 Å². The molecule has 3 rings (SSSR count). The molecule has 0 unspecified atom stereocenters. The lowest BCUT2D eigenvalue weighted by atomic mass is 9.92. The summed E-state index contributed by atoms with van der Waals surface area (Å²) in [5.74, 6) is -3.64. The Labute approximate surface area is 194 Å². The maximum atomic E-state index is 13.2. The lowest BCUT2D eigenvalue weighted by Gasteiger charge is -2.28. The summed E-state index contributed by atoms with van der Waals surface area (Å²) in [5, 5.41) is 12.7. The molecule has 1 aliphatic carbocycles. The number of carbonyl (C=O) groups is 1. The molecule has 1 atom stereocenters. The van der Waals surface area contributed by atoms with Crippen LogP contribution in [0.25, 0.3) is 0 Å². The number of hydrogen-bond acceptors (Lipinski definition) is 5. The van der Waals surface area contributed by atoms with E-state index in [1.165, 1.54) is 6.07 Å². The maximum absolute atomic E-state index is 13.2. The lowest BCUT2D eigenvalue weighted by molar-refractivity contribution is -0.140. The van der Waals surface area contributed by atoms with Gasteiger partial charge in [-0.3, -0.25) is 4.79 Å². The van der Waals surface area contributed by atoms with Crippen molar-refractivity contribution >= 4 is 16.0 Å². The Morgan fingerprint density at radius 1 is 1.24 bits per heavy atom. The van der Waals surface area contributed by atoms with Gasteiger partial charge in [-0.1, -0.05) is 17.7 Å². The molecular weight excluding hydrogens is 454 g/mol. The van der Waals surface area contributed by atoms with Gasteiger partial charge in [0.25, 0.3) is 0 Å². The second kappa shape index (κ2) is 11.2. The lowest BCUT2D eigenvalue weighted by Crippen LogP contribution is -2.40. The number of benzene rings is 1. The Balaban J connectivity index is 1.48. The van der Waals surface area contributed by atoms with E-state index in [0.717, 1.165) is 29.3 Å². The van der Waals surface area contributed by atoms with Crippen LogP contribution in [0.15, 0.2) is 23.1 Å². The zero-order valence-electron chi connectivity index (χ0n) is 19.1. The molecule has 0 spiro atoms. The normalized spacial score (nSPS) is 22.0. The minimum absolute atomic E-state index is 0.0554. The molecule has 186 valence electrons. The van der Waals surface area contributed by atoms with Crippen molar-refractivity contribution in [2.75, 3.05) is 19.7 Å². The van der Waals surface area contributed by atoms with Crippen molar-refractivity contribution < 1.29 is 31.8 Å². The Bertz CT molecular complexity index is 915. The van der Waals surface area contributed by atoms with Crippen molar-refractivity contribution in [3.8, 4) is 0 Å². The van der Waals surface area contributed by atoms with Crippen LogP contribution < -0.4 is 5.32 Å². The molecule has 33 heavy (non-hydrogen) atoms. The molecule has 10 heteroatoms. The van der Waals surface area contributed by atoms with Gasteiger partial charge >= 0.3 is 5.97 Å². The molecule has 1 heterocycles. The molecular formula is C23H34F2N2O5S. The van der Waals surface area contributed by atoms with Crippen LogP contribution in [0.3, 0.4) is 0 Å². The van der Waals surface area contributed by atoms with Crippen LogP contribution in [0, 0.1) is 6.92 Å². The summed E-state index contributed by atoms with van der Waals surface area (Å²) in [7, 11) is -3.94. The third-order valence-electron chi connectivity index (χ3n) is 6.41. The van der Waals surface area contributed by atoms with Crippen molar-refractivity contribution in [3.63, 3.8) is 0 Å². The fraction of sp³-hybridized carbons (Fsp3) is 0.696. The molecule has 1 aliphatic heterocycles. The standard InChI is InChI=1S/C23H34F2N2O5S/c1-17-6-7-21(33(30,31)27-13-4-5-20(27)22(28)29)18(15-17)16-32-14-3-2-12-26-19-8-10-23(24,25)11-9-19/h6-7,15,19-20,26H,2-5,8-14,16H2,1H3,(H,28,29)/t20-/m0/s1. The number of aliphatic carboxylic acids is 1. The van der Waals surface area contributed by atoms with Gasteiger partial charge in [-0.25, -0.2) is 17.2 Å². The van der Waals surface area contributed by atoms with Gasteiger partial charge in [0.05, 0.1) is 11.5 Å². The number of nitrogens with one attached hydrogen (secondary N) is 1. The van der Waals surface area contributed by atoms with E-state index in [1.807, 2.05) is 6.92 Å². The Morgan fingerprint density at radius 3 is 2.67 bits per heavy atom. The molecule has 0 bridgehead atoms. The van der Waals surface area contributed by atoms with Crippen molar-refractivity contribution in [2.45, 2.75) is 87.8 Å². The molecule has 2 N–H and O–H groups in total. The van der Waals surface area contributed by atoms with Crippen LogP contribution in [-0.2, 0) is 26.2 Å². The van der Waals surface area contributed by atoms with Gasteiger partial charge < -0.3 is 15.2 Å². The molecule has 1 aromatic carbocycles. The van der Waals surface area contributed by atoms with E-state index in [4.69, 9.17) is 4.74 Å². The van der Waals surface area contributed by atoms with E-state index in [9.17, 15) is 27.1 Å². The van der Waals surface area contributed by atoms with E-state index in [2.05, 4.69) is 5.32 Å². The Hall–Kier alpha value is -1.62. The summed E-state index contributed by atoms with van der Waals surface area (Å²) in [4.78, 5) is 11.6. The maximum Gasteiger partial charge on any atom is 0.322 e. The summed E-state index contributed by atoms with van der Waals surface area (Å²) < 4.78 is 59.6. The van der Waals surface area contributed by atoms with Gasteiger partial charge in [0, 0.05) is 32.0 Å². The monoisotopic (exact) mass is 488 g/mol. The molecule has 1 saturated carbocycles. The second-order valence-electron chi connectivity index (χ2n) is 9.07. The number of rotatable bonds is 11. The average molecular weight is 489 g/mol. The molecule has 0 aromatic heterocycles. The van der Waals surface area contributed by atoms with Crippen molar-refractivity contribution in [1.82, 2.24) is 9.62 Å². The fourth-order valence-corrected chi connectivity index (χ4v) is 6.38. The summed E-state index contributed by atoms with van der Waals surface area (Å²) in [5.41, 5.74) is 1.42. The number of hydrogen-bond donors (Lipinski definition) is 2. The molecule has 0 radical (unpaired) electrons. The minimum atomic E-state index is -3.94. The first-order valence-corrected chi connectivity index (χ1v) is 13.1. The van der Waals surface area contributed by atoms with E-state index in [1.54, 1.807) is 12.1 Å². The topological polar surface area (TPSA) is 95.9 Å². The molecule has 1 saturated heterocycles. The number of sulfonamides is 1. The minimum Gasteiger partial charge on any atom is -0.480 e. The van der Waals surface area contributed by atoms with E-state index >= 15 is 0 Å². The van der Waals surface area contributed by atoms with E-state index < -0.39 is 28.0 Å². The fourth-order valence-electron chi connectivity index (χ4n) is 4.54. The summed E-state index contributed by atoms with van der Waals surface area (Å²) in [6.07, 6.45) is 3.30. The first-order valence-electron chi connectivity index (χ1n) is 11.6. The molecule has 7 nitrogen and oxygen atoms in total. The van der Waals surface area contributed by atoms with Gasteiger partial charge in [0.1, 0.15) is 6.04 Å². The molecule has 2 aliphatic rings. The Morgan fingerprint density at radius 2 is 1.97 bits per heavy atom. The number of ether oxygens (including phenoxy) is 1. The number of alkyl halides is 2. The van der Waals surface area contributed by atoms with Gasteiger partial charge in [0.15, 0.2) is 0 Å². The van der Waals surface area contributed by atoms with E-state index in [0.29, 0.717) is 37.9 Å². The Kier molecular flexibility index (Phi) is 8.82. The number of nitrogens with zero attached hydrogens (tertiary/aromatic N) is 1. The second-order valence-corrected chi connectivity index (χ2v) is 10.9. The van der Waals surface area contributed by atoms with Crippen LogP contribution in [0.5, 0.6) is 0 Å².